The highest BCUT2D eigenvalue weighted by Crippen LogP contribution is 2.43. The molecule has 5 N–H and O–H groups in total. The summed E-state index contributed by atoms with van der Waals surface area (Å²) >= 11 is 0. The molecule has 6 atom stereocenters. The number of aliphatic hydroxyl groups excluding tert-OH is 2. The fraction of sp³-hybridized carbons (Fsp3) is 0.837. The van der Waals surface area contributed by atoms with E-state index >= 15 is 0 Å². The van der Waals surface area contributed by atoms with Gasteiger partial charge < -0.3 is 30.3 Å². The second-order valence-electron chi connectivity index (χ2n) is 15.3. The lowest BCUT2D eigenvalue weighted by Gasteiger charge is -2.20. The van der Waals surface area contributed by atoms with Gasteiger partial charge in [0.2, 0.25) is 0 Å². The normalized spacial score (nSPS) is 19.5. The first-order valence-electron chi connectivity index (χ1n) is 21.9. The Morgan fingerprint density at radius 2 is 1.38 bits per heavy atom. The van der Waals surface area contributed by atoms with E-state index in [1.165, 1.54) is 51.4 Å². The van der Waals surface area contributed by atoms with Crippen molar-refractivity contribution >= 4 is 25.5 Å². The number of Topliss-reactive ketones (excluding diaryl/α,β-unsaturated/α-hetero) is 1. The van der Waals surface area contributed by atoms with E-state index in [1.54, 1.807) is 12.2 Å². The molecule has 0 radical (unpaired) electrons. The van der Waals surface area contributed by atoms with Gasteiger partial charge >= 0.3 is 19.8 Å². The third-order valence-corrected chi connectivity index (χ3v) is 11.2. The van der Waals surface area contributed by atoms with Crippen molar-refractivity contribution in [3.05, 3.63) is 24.3 Å². The number of ketones is 1. The summed E-state index contributed by atoms with van der Waals surface area (Å²) < 4.78 is 32.8. The van der Waals surface area contributed by atoms with Crippen LogP contribution >= 0.6 is 7.82 Å². The first kappa shape index (κ1) is 52.1. The van der Waals surface area contributed by atoms with Gasteiger partial charge in [-0.05, 0) is 57.3 Å². The molecule has 12 nitrogen and oxygen atoms in total. The third kappa shape index (κ3) is 27.7. The molecule has 1 aliphatic carbocycles. The maximum Gasteiger partial charge on any atom is 0.472 e. The van der Waals surface area contributed by atoms with E-state index < -0.39 is 44.7 Å². The second-order valence-corrected chi connectivity index (χ2v) is 16.8. The molecule has 0 amide bonds. The lowest BCUT2D eigenvalue weighted by Crippen LogP contribution is -2.29. The molecule has 0 aromatic rings. The van der Waals surface area contributed by atoms with Crippen molar-refractivity contribution in [1.82, 2.24) is 0 Å². The summed E-state index contributed by atoms with van der Waals surface area (Å²) in [6, 6.07) is 0. The molecule has 1 unspecified atom stereocenters. The lowest BCUT2D eigenvalue weighted by molar-refractivity contribution is -0.161. The van der Waals surface area contributed by atoms with Crippen LogP contribution in [0.5, 0.6) is 0 Å². The van der Waals surface area contributed by atoms with Gasteiger partial charge in [0.25, 0.3) is 0 Å². The Hall–Kier alpha value is -1.92. The van der Waals surface area contributed by atoms with Gasteiger partial charge in [0, 0.05) is 31.7 Å². The summed E-state index contributed by atoms with van der Waals surface area (Å²) in [4.78, 5) is 47.6. The van der Waals surface area contributed by atoms with Gasteiger partial charge in [-0.15, -0.1) is 0 Å². The molecule has 0 saturated heterocycles. The van der Waals surface area contributed by atoms with E-state index in [2.05, 4.69) is 26.0 Å². The zero-order valence-electron chi connectivity index (χ0n) is 34.8. The number of carbonyl (C=O) groups excluding carboxylic acids is 3. The van der Waals surface area contributed by atoms with Crippen molar-refractivity contribution in [2.45, 2.75) is 193 Å². The maximum atomic E-state index is 12.6. The molecule has 0 aliphatic heterocycles. The van der Waals surface area contributed by atoms with Crippen LogP contribution in [0.25, 0.3) is 0 Å². The van der Waals surface area contributed by atoms with Gasteiger partial charge in [-0.2, -0.15) is 0 Å². The Balaban J connectivity index is 2.37. The third-order valence-electron chi connectivity index (χ3n) is 10.2. The van der Waals surface area contributed by atoms with Crippen LogP contribution in [-0.2, 0) is 37.5 Å². The summed E-state index contributed by atoms with van der Waals surface area (Å²) in [5.41, 5.74) is 5.34. The molecule has 0 bridgehead atoms. The minimum Gasteiger partial charge on any atom is -0.462 e. The van der Waals surface area contributed by atoms with Crippen molar-refractivity contribution in [1.29, 1.82) is 0 Å². The summed E-state index contributed by atoms with van der Waals surface area (Å²) in [6.45, 7) is 3.34. The summed E-state index contributed by atoms with van der Waals surface area (Å²) in [7, 11) is -4.43. The second kappa shape index (κ2) is 34.0. The summed E-state index contributed by atoms with van der Waals surface area (Å²) in [5, 5.41) is 20.7. The quantitative estimate of drug-likeness (QED) is 0.0202. The van der Waals surface area contributed by atoms with Gasteiger partial charge in [0.05, 0.1) is 25.4 Å². The number of hydrogen-bond donors (Lipinski definition) is 4. The molecule has 56 heavy (non-hydrogen) atoms. The van der Waals surface area contributed by atoms with Crippen LogP contribution in [0.4, 0.5) is 0 Å². The van der Waals surface area contributed by atoms with Crippen LogP contribution in [0, 0.1) is 11.8 Å². The highest BCUT2D eigenvalue weighted by molar-refractivity contribution is 7.47. The van der Waals surface area contributed by atoms with Crippen LogP contribution in [0.1, 0.15) is 174 Å². The van der Waals surface area contributed by atoms with Crippen LogP contribution in [0.15, 0.2) is 24.3 Å². The highest BCUT2D eigenvalue weighted by Gasteiger charge is 2.39. The van der Waals surface area contributed by atoms with Gasteiger partial charge in [0.15, 0.2) is 6.10 Å². The van der Waals surface area contributed by atoms with Crippen molar-refractivity contribution in [3.8, 4) is 0 Å². The van der Waals surface area contributed by atoms with Crippen molar-refractivity contribution in [3.63, 3.8) is 0 Å². The minimum atomic E-state index is -4.43. The predicted octanol–water partition coefficient (Wildman–Crippen LogP) is 8.98. The Labute approximate surface area is 338 Å². The maximum absolute atomic E-state index is 12.6. The molecule has 1 aliphatic rings. The number of nitrogens with two attached hydrogens (primary N) is 1. The fourth-order valence-electron chi connectivity index (χ4n) is 6.89. The van der Waals surface area contributed by atoms with Gasteiger partial charge in [-0.3, -0.25) is 23.4 Å². The van der Waals surface area contributed by atoms with Crippen LogP contribution in [0.3, 0.4) is 0 Å². The van der Waals surface area contributed by atoms with E-state index in [1.807, 2.05) is 0 Å². The molecule has 326 valence electrons. The minimum absolute atomic E-state index is 0.00453. The number of esters is 2. The zero-order valence-corrected chi connectivity index (χ0v) is 35.7. The molecular formula is C43H78NO11P. The molecule has 0 aromatic heterocycles. The number of allylic oxidation sites excluding steroid dienone is 3. The SMILES string of the molecule is CCCCCC/C=C\CCCCCCCCCC(=O)O[C@H](COC(=O)CCCCCC[C@H]1[C@@H](O)CC(=O)[C@@H]1/C=C/[C@@H](O)CCCCC)COP(=O)(O)OCCN. The number of rotatable bonds is 37. The summed E-state index contributed by atoms with van der Waals surface area (Å²) in [5.74, 6) is -1.55. The van der Waals surface area contributed by atoms with Gasteiger partial charge in [-0.25, -0.2) is 4.57 Å². The topological polar surface area (TPSA) is 192 Å². The number of phosphoric ester groups is 1. The Morgan fingerprint density at radius 3 is 2.02 bits per heavy atom. The first-order chi connectivity index (χ1) is 27.0. The number of hydrogen-bond acceptors (Lipinski definition) is 11. The first-order valence-corrected chi connectivity index (χ1v) is 23.4. The van der Waals surface area contributed by atoms with Crippen LogP contribution < -0.4 is 5.73 Å². The molecule has 0 spiro atoms. The molecule has 1 fully saturated rings. The lowest BCUT2D eigenvalue weighted by atomic mass is 9.88. The van der Waals surface area contributed by atoms with Crippen molar-refractivity contribution < 1.29 is 52.6 Å². The van der Waals surface area contributed by atoms with E-state index in [-0.39, 0.29) is 56.6 Å². The van der Waals surface area contributed by atoms with E-state index in [4.69, 9.17) is 24.3 Å². The highest BCUT2D eigenvalue weighted by atomic mass is 31.2. The smallest absolute Gasteiger partial charge is 0.462 e. The van der Waals surface area contributed by atoms with E-state index in [0.29, 0.717) is 25.7 Å². The largest absolute Gasteiger partial charge is 0.472 e. The Kier molecular flexibility index (Phi) is 31.6. The van der Waals surface area contributed by atoms with Crippen molar-refractivity contribution in [2.75, 3.05) is 26.4 Å². The molecular weight excluding hydrogens is 737 g/mol. The van der Waals surface area contributed by atoms with E-state index in [9.17, 15) is 34.1 Å². The fourth-order valence-corrected chi connectivity index (χ4v) is 7.65. The predicted molar refractivity (Wildman–Crippen MR) is 221 cm³/mol. The molecule has 0 aromatic carbocycles. The average molecular weight is 816 g/mol. The number of unbranched alkanes of at least 4 members (excludes halogenated alkanes) is 16. The molecule has 1 saturated carbocycles. The molecule has 1 rings (SSSR count). The number of aliphatic hydroxyl groups is 2. The van der Waals surface area contributed by atoms with Crippen LogP contribution in [-0.4, -0.2) is 77.5 Å². The van der Waals surface area contributed by atoms with Gasteiger partial charge in [0.1, 0.15) is 12.4 Å². The Bertz CT molecular complexity index is 1130. The van der Waals surface area contributed by atoms with Crippen LogP contribution in [0.2, 0.25) is 0 Å². The summed E-state index contributed by atoms with van der Waals surface area (Å²) in [6.07, 6.45) is 28.2. The average Bonchev–Trinajstić information content (AvgIpc) is 3.44. The number of ether oxygens (including phenoxy) is 2. The molecule has 13 heteroatoms. The monoisotopic (exact) mass is 816 g/mol. The van der Waals surface area contributed by atoms with Gasteiger partial charge in [-0.1, -0.05) is 128 Å². The number of carbonyl (C=O) groups is 3. The Morgan fingerprint density at radius 1 is 0.804 bits per heavy atom. The standard InChI is InChI=1S/C43H78NO11P/c1-3-5-7-8-9-10-11-12-13-14-15-16-17-18-24-28-43(49)55-37(35-54-56(50,51)53-32-31-44)34-52-42(48)27-23-20-19-22-26-38-39(41(47)33-40(38)46)30-29-36(45)25-21-6-4-2/h10-11,29-30,36-40,45-46H,3-9,12-28,31-35,44H2,1-2H3,(H,50,51)/b11-10-,30-29+/t36-,37+,38+,39+,40-/m0/s1. The van der Waals surface area contributed by atoms with Crippen molar-refractivity contribution in [2.24, 2.45) is 17.6 Å². The van der Waals surface area contributed by atoms with E-state index in [0.717, 1.165) is 64.2 Å². The zero-order chi connectivity index (χ0) is 41.3. The molecule has 0 heterocycles. The number of phosphoric acid groups is 1.